The van der Waals surface area contributed by atoms with Crippen molar-refractivity contribution in [1.82, 2.24) is 10.2 Å². The van der Waals surface area contributed by atoms with Gasteiger partial charge in [0.1, 0.15) is 12.1 Å². The highest BCUT2D eigenvalue weighted by molar-refractivity contribution is 7.12. The maximum absolute atomic E-state index is 12.8. The Morgan fingerprint density at radius 3 is 2.67 bits per heavy atom. The first-order valence-corrected chi connectivity index (χ1v) is 9.74. The molecule has 0 spiro atoms. The molecular formula is C20H22N2O4S. The van der Waals surface area contributed by atoms with Crippen LogP contribution in [0.5, 0.6) is 0 Å². The first-order valence-electron chi connectivity index (χ1n) is 8.86. The minimum Gasteiger partial charge on any atom is -0.467 e. The lowest BCUT2D eigenvalue weighted by atomic mass is 10.1. The Morgan fingerprint density at radius 2 is 2.00 bits per heavy atom. The number of carbonyl (C=O) groups excluding carboxylic acids is 3. The Labute approximate surface area is 162 Å². The van der Waals surface area contributed by atoms with Crippen molar-refractivity contribution in [1.29, 1.82) is 0 Å². The smallest absolute Gasteiger partial charge is 0.328 e. The molecule has 3 rings (SSSR count). The molecule has 2 heterocycles. The highest BCUT2D eigenvalue weighted by atomic mass is 32.1. The Balaban J connectivity index is 1.70. The Morgan fingerprint density at radius 1 is 1.22 bits per heavy atom. The van der Waals surface area contributed by atoms with E-state index in [9.17, 15) is 14.4 Å². The molecule has 2 atom stereocenters. The molecule has 7 heteroatoms. The normalized spacial score (nSPS) is 17.4. The number of hydrogen-bond donors (Lipinski definition) is 1. The van der Waals surface area contributed by atoms with Gasteiger partial charge in [-0.15, -0.1) is 11.3 Å². The van der Waals surface area contributed by atoms with Crippen LogP contribution in [0.25, 0.3) is 0 Å². The average molecular weight is 386 g/mol. The van der Waals surface area contributed by atoms with E-state index in [0.29, 0.717) is 24.3 Å². The number of benzene rings is 1. The third-order valence-corrected chi connectivity index (χ3v) is 5.49. The van der Waals surface area contributed by atoms with E-state index in [4.69, 9.17) is 4.74 Å². The molecule has 1 aromatic heterocycles. The Bertz CT molecular complexity index is 792. The summed E-state index contributed by atoms with van der Waals surface area (Å²) < 4.78 is 4.85. The van der Waals surface area contributed by atoms with Crippen LogP contribution in [0.1, 0.15) is 28.1 Å². The number of carbonyl (C=O) groups is 3. The zero-order valence-corrected chi connectivity index (χ0v) is 15.9. The summed E-state index contributed by atoms with van der Waals surface area (Å²) in [5.41, 5.74) is 0.922. The number of thiophene rings is 1. The molecule has 6 nitrogen and oxygen atoms in total. The van der Waals surface area contributed by atoms with E-state index in [1.807, 2.05) is 41.8 Å². The van der Waals surface area contributed by atoms with Crippen LogP contribution in [-0.2, 0) is 20.7 Å². The molecule has 1 aliphatic heterocycles. The monoisotopic (exact) mass is 386 g/mol. The molecule has 1 aromatic carbocycles. The minimum atomic E-state index is -0.788. The van der Waals surface area contributed by atoms with Crippen molar-refractivity contribution in [2.45, 2.75) is 31.3 Å². The maximum atomic E-state index is 12.8. The van der Waals surface area contributed by atoms with Crippen LogP contribution in [0.15, 0.2) is 47.8 Å². The Hall–Kier alpha value is -2.67. The third-order valence-electron chi connectivity index (χ3n) is 4.63. The summed E-state index contributed by atoms with van der Waals surface area (Å²) in [6.07, 6.45) is 1.68. The Kier molecular flexibility index (Phi) is 6.24. The van der Waals surface area contributed by atoms with Gasteiger partial charge in [-0.25, -0.2) is 4.79 Å². The zero-order chi connectivity index (χ0) is 19.2. The third kappa shape index (κ3) is 4.54. The molecule has 0 bridgehead atoms. The van der Waals surface area contributed by atoms with Crippen molar-refractivity contribution >= 4 is 29.1 Å². The molecule has 0 aliphatic carbocycles. The number of likely N-dealkylation sites (tertiary alicyclic amines) is 1. The molecule has 142 valence electrons. The second kappa shape index (κ2) is 8.81. The number of hydrogen-bond acceptors (Lipinski definition) is 5. The van der Waals surface area contributed by atoms with E-state index >= 15 is 0 Å². The van der Waals surface area contributed by atoms with Crippen LogP contribution < -0.4 is 5.32 Å². The van der Waals surface area contributed by atoms with Gasteiger partial charge in [-0.2, -0.15) is 0 Å². The summed E-state index contributed by atoms with van der Waals surface area (Å²) >= 11 is 1.36. The van der Waals surface area contributed by atoms with E-state index in [1.54, 1.807) is 11.0 Å². The van der Waals surface area contributed by atoms with Crippen LogP contribution in [0.3, 0.4) is 0 Å². The van der Waals surface area contributed by atoms with Gasteiger partial charge < -0.3 is 15.0 Å². The molecule has 1 fully saturated rings. The van der Waals surface area contributed by atoms with E-state index < -0.39 is 18.1 Å². The lowest BCUT2D eigenvalue weighted by Gasteiger charge is -2.25. The second-order valence-electron chi connectivity index (χ2n) is 6.41. The average Bonchev–Trinajstić information content (AvgIpc) is 3.39. The van der Waals surface area contributed by atoms with Crippen LogP contribution in [0.2, 0.25) is 0 Å². The summed E-state index contributed by atoms with van der Waals surface area (Å²) in [4.78, 5) is 39.9. The van der Waals surface area contributed by atoms with Gasteiger partial charge in [-0.05, 0) is 29.9 Å². The highest BCUT2D eigenvalue weighted by Gasteiger charge is 2.36. The van der Waals surface area contributed by atoms with Crippen LogP contribution in [0, 0.1) is 0 Å². The number of nitrogens with zero attached hydrogens (tertiary/aromatic N) is 1. The predicted molar refractivity (Wildman–Crippen MR) is 102 cm³/mol. The molecule has 2 aromatic rings. The van der Waals surface area contributed by atoms with Crippen molar-refractivity contribution in [3.8, 4) is 0 Å². The molecule has 0 radical (unpaired) electrons. The molecule has 0 unspecified atom stereocenters. The fourth-order valence-corrected chi connectivity index (χ4v) is 3.96. The first-order chi connectivity index (χ1) is 13.1. The fraction of sp³-hybridized carbons (Fsp3) is 0.350. The number of esters is 1. The van der Waals surface area contributed by atoms with Crippen molar-refractivity contribution in [2.24, 2.45) is 0 Å². The first kappa shape index (κ1) is 19.1. The second-order valence-corrected chi connectivity index (χ2v) is 7.36. The standard InChI is InChI=1S/C20H22N2O4S/c1-26-20(25)15(13-14-7-3-2-4-8-14)21-18(23)16-9-5-11-22(16)19(24)17-10-6-12-27-17/h2-4,6-8,10,12,15-16H,5,9,11,13H2,1H3,(H,21,23)/t15-,16-/m0/s1. The lowest BCUT2D eigenvalue weighted by molar-refractivity contribution is -0.145. The summed E-state index contributed by atoms with van der Waals surface area (Å²) in [6.45, 7) is 0.538. The number of rotatable bonds is 6. The van der Waals surface area contributed by atoms with Gasteiger partial charge in [0, 0.05) is 13.0 Å². The number of amides is 2. The summed E-state index contributed by atoms with van der Waals surface area (Å²) in [5, 5.41) is 4.62. The van der Waals surface area contributed by atoms with Gasteiger partial charge in [0.05, 0.1) is 12.0 Å². The number of methoxy groups -OCH3 is 1. The van der Waals surface area contributed by atoms with Gasteiger partial charge in [0.15, 0.2) is 0 Å². The van der Waals surface area contributed by atoms with Crippen molar-refractivity contribution in [2.75, 3.05) is 13.7 Å². The van der Waals surface area contributed by atoms with Crippen LogP contribution in [0.4, 0.5) is 0 Å². The van der Waals surface area contributed by atoms with Crippen LogP contribution in [-0.4, -0.2) is 48.4 Å². The topological polar surface area (TPSA) is 75.7 Å². The summed E-state index contributed by atoms with van der Waals surface area (Å²) in [6, 6.07) is 11.7. The lowest BCUT2D eigenvalue weighted by Crippen LogP contribution is -2.51. The highest BCUT2D eigenvalue weighted by Crippen LogP contribution is 2.22. The molecule has 0 saturated carbocycles. The van der Waals surface area contributed by atoms with Crippen molar-refractivity contribution in [3.63, 3.8) is 0 Å². The molecule has 2 amide bonds. The largest absolute Gasteiger partial charge is 0.467 e. The number of ether oxygens (including phenoxy) is 1. The summed E-state index contributed by atoms with van der Waals surface area (Å²) in [5.74, 6) is -0.953. The molecule has 1 N–H and O–H groups in total. The van der Waals surface area contributed by atoms with Crippen LogP contribution >= 0.6 is 11.3 Å². The van der Waals surface area contributed by atoms with Crippen molar-refractivity contribution < 1.29 is 19.1 Å². The molecule has 27 heavy (non-hydrogen) atoms. The number of nitrogens with one attached hydrogen (secondary N) is 1. The van der Waals surface area contributed by atoms with E-state index in [1.165, 1.54) is 18.4 Å². The maximum Gasteiger partial charge on any atom is 0.328 e. The molecular weight excluding hydrogens is 364 g/mol. The van der Waals surface area contributed by atoms with Gasteiger partial charge in [-0.3, -0.25) is 9.59 Å². The summed E-state index contributed by atoms with van der Waals surface area (Å²) in [7, 11) is 1.30. The van der Waals surface area contributed by atoms with Gasteiger partial charge in [0.25, 0.3) is 5.91 Å². The van der Waals surface area contributed by atoms with E-state index in [0.717, 1.165) is 12.0 Å². The van der Waals surface area contributed by atoms with Gasteiger partial charge >= 0.3 is 5.97 Å². The predicted octanol–water partition coefficient (Wildman–Crippen LogP) is 2.25. The molecule has 1 aliphatic rings. The SMILES string of the molecule is COC(=O)[C@H](Cc1ccccc1)NC(=O)[C@@H]1CCCN1C(=O)c1cccs1. The van der Waals surface area contributed by atoms with Gasteiger partial charge in [0.2, 0.25) is 5.91 Å². The molecule has 1 saturated heterocycles. The zero-order valence-electron chi connectivity index (χ0n) is 15.1. The van der Waals surface area contributed by atoms with E-state index in [2.05, 4.69) is 5.32 Å². The van der Waals surface area contributed by atoms with Crippen molar-refractivity contribution in [3.05, 3.63) is 58.3 Å². The fourth-order valence-electron chi connectivity index (χ4n) is 3.28. The van der Waals surface area contributed by atoms with Gasteiger partial charge in [-0.1, -0.05) is 36.4 Å². The van der Waals surface area contributed by atoms with E-state index in [-0.39, 0.29) is 11.8 Å². The quantitative estimate of drug-likeness (QED) is 0.773. The minimum absolute atomic E-state index is 0.139.